The Morgan fingerprint density at radius 2 is 1.84 bits per heavy atom. The van der Waals surface area contributed by atoms with Crippen LogP contribution in [0, 0.1) is 18.8 Å². The van der Waals surface area contributed by atoms with Crippen molar-refractivity contribution in [1.29, 1.82) is 0 Å². The number of hydrogen-bond donors (Lipinski definition) is 1. The molecule has 0 radical (unpaired) electrons. The van der Waals surface area contributed by atoms with E-state index in [2.05, 4.69) is 5.32 Å². The first-order valence-corrected chi connectivity index (χ1v) is 10.4. The van der Waals surface area contributed by atoms with E-state index in [0.29, 0.717) is 23.3 Å². The lowest BCUT2D eigenvalue weighted by Crippen LogP contribution is -2.43. The van der Waals surface area contributed by atoms with Gasteiger partial charge in [-0.3, -0.25) is 9.59 Å². The van der Waals surface area contributed by atoms with E-state index < -0.39 is 23.8 Å². The summed E-state index contributed by atoms with van der Waals surface area (Å²) in [6.45, 7) is 5.99. The van der Waals surface area contributed by atoms with Crippen molar-refractivity contribution in [1.82, 2.24) is 5.32 Å². The van der Waals surface area contributed by atoms with Crippen molar-refractivity contribution >= 4 is 17.7 Å². The molecule has 1 heterocycles. The molecule has 0 amide bonds. The molecule has 1 aliphatic heterocycles. The minimum absolute atomic E-state index is 0.105. The summed E-state index contributed by atoms with van der Waals surface area (Å²) >= 11 is 0. The number of allylic oxidation sites excluding steroid dienone is 3. The number of aryl methyl sites for hydroxylation is 1. The zero-order valence-electron chi connectivity index (χ0n) is 18.6. The summed E-state index contributed by atoms with van der Waals surface area (Å²) in [5, 5.41) is 3.25. The molecule has 0 aromatic heterocycles. The number of carbonyl (C=O) groups is 3. The molecule has 3 rings (SSSR count). The quantitative estimate of drug-likeness (QED) is 0.424. The minimum atomic E-state index is -0.902. The highest BCUT2D eigenvalue weighted by molar-refractivity contribution is 6.12. The predicted molar refractivity (Wildman–Crippen MR) is 114 cm³/mol. The molecule has 0 bridgehead atoms. The van der Waals surface area contributed by atoms with Crippen molar-refractivity contribution in [3.8, 4) is 0 Å². The van der Waals surface area contributed by atoms with Crippen LogP contribution in [-0.2, 0) is 28.6 Å². The first kappa shape index (κ1) is 22.7. The molecule has 0 saturated carbocycles. The molecule has 2 aliphatic rings. The summed E-state index contributed by atoms with van der Waals surface area (Å²) in [4.78, 5) is 39.1. The van der Waals surface area contributed by atoms with E-state index >= 15 is 0 Å². The Morgan fingerprint density at radius 1 is 1.13 bits per heavy atom. The Bertz CT molecular complexity index is 961. The zero-order chi connectivity index (χ0) is 22.7. The average molecular weight is 427 g/mol. The van der Waals surface area contributed by atoms with Gasteiger partial charge in [0.1, 0.15) is 12.5 Å². The van der Waals surface area contributed by atoms with Crippen LogP contribution in [-0.4, -0.2) is 45.2 Å². The van der Waals surface area contributed by atoms with Crippen molar-refractivity contribution in [2.75, 3.05) is 27.4 Å². The number of Topliss-reactive ketones (excluding diaryl/α,β-unsaturated/α-hetero) is 1. The monoisotopic (exact) mass is 427 g/mol. The van der Waals surface area contributed by atoms with Gasteiger partial charge in [0.2, 0.25) is 0 Å². The van der Waals surface area contributed by atoms with Gasteiger partial charge in [-0.25, -0.2) is 4.79 Å². The maximum atomic E-state index is 13.6. The van der Waals surface area contributed by atoms with Crippen molar-refractivity contribution in [2.24, 2.45) is 11.8 Å². The van der Waals surface area contributed by atoms with Crippen molar-refractivity contribution < 1.29 is 28.6 Å². The van der Waals surface area contributed by atoms with E-state index in [0.717, 1.165) is 16.8 Å². The van der Waals surface area contributed by atoms with Crippen molar-refractivity contribution in [3.63, 3.8) is 0 Å². The fraction of sp³-hybridized carbons (Fsp3) is 0.458. The van der Waals surface area contributed by atoms with Crippen LogP contribution in [0.3, 0.4) is 0 Å². The molecule has 1 aliphatic carbocycles. The van der Waals surface area contributed by atoms with E-state index in [-0.39, 0.29) is 24.9 Å². The lowest BCUT2D eigenvalue weighted by molar-refractivity contribution is -0.151. The minimum Gasteiger partial charge on any atom is -0.468 e. The number of dihydropyridines is 1. The summed E-state index contributed by atoms with van der Waals surface area (Å²) in [6.07, 6.45) is 0.507. The number of carbonyl (C=O) groups excluding carboxylic acids is 3. The van der Waals surface area contributed by atoms with E-state index in [1.54, 1.807) is 0 Å². The van der Waals surface area contributed by atoms with Gasteiger partial charge in [0, 0.05) is 30.0 Å². The summed E-state index contributed by atoms with van der Waals surface area (Å²) in [5.41, 5.74) is 3.98. The molecule has 1 aromatic carbocycles. The summed E-state index contributed by atoms with van der Waals surface area (Å²) in [5.74, 6) is -3.12. The standard InChI is InChI=1S/C24H29NO6/c1-13-8-6-7-9-16(13)20-19(24(28)31-11-10-29-4)15(3)25-17-12-14(2)18(23(27)30-5)22(26)21(17)20/h6-9,14,18,20,25H,10-12H2,1-5H3/t14-,18+,20-/m1/s1. The maximum Gasteiger partial charge on any atom is 0.336 e. The van der Waals surface area contributed by atoms with Crippen LogP contribution in [0.1, 0.15) is 37.3 Å². The van der Waals surface area contributed by atoms with Crippen LogP contribution in [0.2, 0.25) is 0 Å². The highest BCUT2D eigenvalue weighted by Crippen LogP contribution is 2.46. The maximum absolute atomic E-state index is 13.6. The number of ketones is 1. The van der Waals surface area contributed by atoms with Gasteiger partial charge in [0.05, 0.1) is 19.3 Å². The second-order valence-corrected chi connectivity index (χ2v) is 8.02. The highest BCUT2D eigenvalue weighted by Gasteiger charge is 2.47. The number of benzene rings is 1. The topological polar surface area (TPSA) is 90.9 Å². The first-order valence-electron chi connectivity index (χ1n) is 10.4. The van der Waals surface area contributed by atoms with Gasteiger partial charge in [-0.2, -0.15) is 0 Å². The van der Waals surface area contributed by atoms with Crippen LogP contribution in [0.25, 0.3) is 0 Å². The third kappa shape index (κ3) is 4.28. The van der Waals surface area contributed by atoms with Gasteiger partial charge >= 0.3 is 11.9 Å². The number of esters is 2. The molecule has 0 unspecified atom stereocenters. The van der Waals surface area contributed by atoms with E-state index in [1.165, 1.54) is 14.2 Å². The molecule has 0 fully saturated rings. The molecule has 7 heteroatoms. The summed E-state index contributed by atoms with van der Waals surface area (Å²) < 4.78 is 15.3. The van der Waals surface area contributed by atoms with Gasteiger partial charge in [-0.15, -0.1) is 0 Å². The predicted octanol–water partition coefficient (Wildman–Crippen LogP) is 2.80. The number of hydrogen-bond acceptors (Lipinski definition) is 7. The highest BCUT2D eigenvalue weighted by atomic mass is 16.6. The molecule has 31 heavy (non-hydrogen) atoms. The van der Waals surface area contributed by atoms with Crippen LogP contribution >= 0.6 is 0 Å². The molecule has 0 saturated heterocycles. The molecule has 3 atom stereocenters. The molecular weight excluding hydrogens is 398 g/mol. The number of nitrogens with one attached hydrogen (secondary N) is 1. The Morgan fingerprint density at radius 3 is 2.48 bits per heavy atom. The summed E-state index contributed by atoms with van der Waals surface area (Å²) in [7, 11) is 2.81. The van der Waals surface area contributed by atoms with E-state index in [4.69, 9.17) is 14.2 Å². The lowest BCUT2D eigenvalue weighted by atomic mass is 9.68. The van der Waals surface area contributed by atoms with Crippen molar-refractivity contribution in [3.05, 3.63) is 57.9 Å². The third-order valence-electron chi connectivity index (χ3n) is 5.98. The zero-order valence-corrected chi connectivity index (χ0v) is 18.6. The van der Waals surface area contributed by atoms with E-state index in [1.807, 2.05) is 45.0 Å². The van der Waals surface area contributed by atoms with Gasteiger partial charge in [0.15, 0.2) is 5.78 Å². The normalized spacial score (nSPS) is 23.3. The Hall–Kier alpha value is -2.93. The molecular formula is C24H29NO6. The Kier molecular flexibility index (Phi) is 6.95. The van der Waals surface area contributed by atoms with Crippen LogP contribution in [0.5, 0.6) is 0 Å². The number of ether oxygens (including phenoxy) is 3. The number of methoxy groups -OCH3 is 2. The Labute approximate surface area is 182 Å². The Balaban J connectivity index is 2.14. The SMILES string of the molecule is COCCOC(=O)C1=C(C)NC2=C(C(=O)[C@@H](C(=O)OC)[C@H](C)C2)[C@@H]1c1ccccc1C. The fourth-order valence-electron chi connectivity index (χ4n) is 4.47. The number of rotatable bonds is 6. The molecule has 1 aromatic rings. The second kappa shape index (κ2) is 9.47. The summed E-state index contributed by atoms with van der Waals surface area (Å²) in [6, 6.07) is 7.63. The van der Waals surface area contributed by atoms with Gasteiger partial charge < -0.3 is 19.5 Å². The average Bonchev–Trinajstić information content (AvgIpc) is 2.73. The van der Waals surface area contributed by atoms with Crippen molar-refractivity contribution in [2.45, 2.75) is 33.1 Å². The van der Waals surface area contributed by atoms with Crippen LogP contribution in [0.15, 0.2) is 46.8 Å². The third-order valence-corrected chi connectivity index (χ3v) is 5.98. The first-order chi connectivity index (χ1) is 14.8. The van der Waals surface area contributed by atoms with Gasteiger partial charge in [-0.1, -0.05) is 31.2 Å². The van der Waals surface area contributed by atoms with Gasteiger partial charge in [0.25, 0.3) is 0 Å². The largest absolute Gasteiger partial charge is 0.468 e. The van der Waals surface area contributed by atoms with Gasteiger partial charge in [-0.05, 0) is 37.3 Å². The van der Waals surface area contributed by atoms with Crippen LogP contribution < -0.4 is 5.32 Å². The lowest BCUT2D eigenvalue weighted by Gasteiger charge is -2.38. The molecule has 7 nitrogen and oxygen atoms in total. The fourth-order valence-corrected chi connectivity index (χ4v) is 4.47. The molecule has 1 N–H and O–H groups in total. The van der Waals surface area contributed by atoms with Crippen LogP contribution in [0.4, 0.5) is 0 Å². The van der Waals surface area contributed by atoms with E-state index in [9.17, 15) is 14.4 Å². The molecule has 166 valence electrons. The molecule has 0 spiro atoms. The second-order valence-electron chi connectivity index (χ2n) is 8.02. The smallest absolute Gasteiger partial charge is 0.336 e.